The number of amides is 2. The van der Waals surface area contributed by atoms with Gasteiger partial charge in [0, 0.05) is 5.56 Å². The molecule has 0 radical (unpaired) electrons. The van der Waals surface area contributed by atoms with E-state index in [9.17, 15) is 9.59 Å². The topological polar surface area (TPSA) is 67.4 Å². The lowest BCUT2D eigenvalue weighted by atomic mass is 10.1. The zero-order valence-corrected chi connectivity index (χ0v) is 14.9. The molecule has 5 nitrogen and oxygen atoms in total. The van der Waals surface area contributed by atoms with Gasteiger partial charge < -0.3 is 15.4 Å². The maximum Gasteiger partial charge on any atom is 0.251 e. The van der Waals surface area contributed by atoms with Crippen molar-refractivity contribution in [1.82, 2.24) is 5.32 Å². The minimum Gasteiger partial charge on any atom is -0.455 e. The molecule has 0 aromatic heterocycles. The number of anilines is 1. The minimum absolute atomic E-state index is 0.133. The Labute approximate surface area is 158 Å². The number of carbonyl (C=O) groups excluding carboxylic acids is 2. The van der Waals surface area contributed by atoms with E-state index < -0.39 is 0 Å². The number of rotatable bonds is 6. The Morgan fingerprint density at radius 2 is 1.52 bits per heavy atom. The summed E-state index contributed by atoms with van der Waals surface area (Å²) in [7, 11) is 0. The van der Waals surface area contributed by atoms with E-state index in [1.807, 2.05) is 55.5 Å². The Balaban J connectivity index is 1.59. The third-order valence-corrected chi connectivity index (χ3v) is 3.86. The second-order valence-corrected chi connectivity index (χ2v) is 6.01. The van der Waals surface area contributed by atoms with Gasteiger partial charge in [-0.15, -0.1) is 0 Å². The summed E-state index contributed by atoms with van der Waals surface area (Å²) in [5.74, 6) is 0.576. The Morgan fingerprint density at radius 1 is 0.852 bits per heavy atom. The van der Waals surface area contributed by atoms with E-state index in [4.69, 9.17) is 4.74 Å². The summed E-state index contributed by atoms with van der Waals surface area (Å²) < 4.78 is 5.81. The molecule has 27 heavy (non-hydrogen) atoms. The predicted molar refractivity (Wildman–Crippen MR) is 105 cm³/mol. The van der Waals surface area contributed by atoms with Crippen molar-refractivity contribution >= 4 is 17.5 Å². The molecule has 0 aliphatic carbocycles. The number of benzene rings is 3. The number of hydrogen-bond donors (Lipinski definition) is 2. The summed E-state index contributed by atoms with van der Waals surface area (Å²) in [6.07, 6.45) is 0. The van der Waals surface area contributed by atoms with Crippen LogP contribution < -0.4 is 15.4 Å². The van der Waals surface area contributed by atoms with Gasteiger partial charge in [-0.25, -0.2) is 0 Å². The quantitative estimate of drug-likeness (QED) is 0.694. The minimum atomic E-state index is -0.334. The van der Waals surface area contributed by atoms with Crippen molar-refractivity contribution in [2.24, 2.45) is 0 Å². The van der Waals surface area contributed by atoms with Crippen LogP contribution in [-0.2, 0) is 4.79 Å². The molecule has 0 fully saturated rings. The van der Waals surface area contributed by atoms with Crippen molar-refractivity contribution in [3.8, 4) is 11.5 Å². The summed E-state index contributed by atoms with van der Waals surface area (Å²) in [6.45, 7) is 1.82. The van der Waals surface area contributed by atoms with Gasteiger partial charge in [0.25, 0.3) is 5.91 Å². The fourth-order valence-electron chi connectivity index (χ4n) is 2.44. The largest absolute Gasteiger partial charge is 0.455 e. The molecular formula is C22H20N2O3. The third-order valence-electron chi connectivity index (χ3n) is 3.86. The zero-order valence-electron chi connectivity index (χ0n) is 14.9. The Kier molecular flexibility index (Phi) is 5.84. The number of hydrogen-bond acceptors (Lipinski definition) is 3. The summed E-state index contributed by atoms with van der Waals surface area (Å²) in [6, 6.07) is 23.6. The lowest BCUT2D eigenvalue weighted by molar-refractivity contribution is -0.115. The van der Waals surface area contributed by atoms with Crippen LogP contribution in [0.2, 0.25) is 0 Å². The van der Waals surface area contributed by atoms with Crippen LogP contribution in [0.5, 0.6) is 11.5 Å². The van der Waals surface area contributed by atoms with E-state index >= 15 is 0 Å². The molecule has 136 valence electrons. The summed E-state index contributed by atoms with van der Waals surface area (Å²) in [4.78, 5) is 24.3. The van der Waals surface area contributed by atoms with Crippen molar-refractivity contribution in [3.63, 3.8) is 0 Å². The van der Waals surface area contributed by atoms with Gasteiger partial charge in [-0.2, -0.15) is 0 Å². The van der Waals surface area contributed by atoms with Crippen LogP contribution in [0.1, 0.15) is 15.9 Å². The standard InChI is InChI=1S/C22H20N2O3/c1-16-11-13-17(14-12-16)22(26)23-15-21(25)24-19-9-5-6-10-20(19)27-18-7-3-2-4-8-18/h2-14H,15H2,1H3,(H,23,26)(H,24,25). The summed E-state index contributed by atoms with van der Waals surface area (Å²) in [5.41, 5.74) is 2.12. The van der Waals surface area contributed by atoms with E-state index in [2.05, 4.69) is 10.6 Å². The lowest BCUT2D eigenvalue weighted by Gasteiger charge is -2.12. The zero-order chi connectivity index (χ0) is 19.1. The monoisotopic (exact) mass is 360 g/mol. The van der Waals surface area contributed by atoms with Gasteiger partial charge in [-0.1, -0.05) is 48.0 Å². The highest BCUT2D eigenvalue weighted by Gasteiger charge is 2.11. The molecule has 0 heterocycles. The molecular weight excluding hydrogens is 340 g/mol. The molecule has 0 bridgehead atoms. The fraction of sp³-hybridized carbons (Fsp3) is 0.0909. The van der Waals surface area contributed by atoms with Gasteiger partial charge in [0.2, 0.25) is 5.91 Å². The van der Waals surface area contributed by atoms with Crippen molar-refractivity contribution in [3.05, 3.63) is 90.0 Å². The first-order chi connectivity index (χ1) is 13.1. The van der Waals surface area contributed by atoms with Crippen LogP contribution in [0.3, 0.4) is 0 Å². The smallest absolute Gasteiger partial charge is 0.251 e. The van der Waals surface area contributed by atoms with Crippen molar-refractivity contribution in [1.29, 1.82) is 0 Å². The normalized spacial score (nSPS) is 10.1. The number of ether oxygens (including phenoxy) is 1. The second-order valence-electron chi connectivity index (χ2n) is 6.01. The number of aryl methyl sites for hydroxylation is 1. The van der Waals surface area contributed by atoms with Crippen LogP contribution in [-0.4, -0.2) is 18.4 Å². The first-order valence-electron chi connectivity index (χ1n) is 8.58. The van der Waals surface area contributed by atoms with Gasteiger partial charge in [-0.3, -0.25) is 9.59 Å². The van der Waals surface area contributed by atoms with Crippen LogP contribution >= 0.6 is 0 Å². The van der Waals surface area contributed by atoms with Crippen molar-refractivity contribution in [2.45, 2.75) is 6.92 Å². The van der Waals surface area contributed by atoms with Crippen molar-refractivity contribution in [2.75, 3.05) is 11.9 Å². The SMILES string of the molecule is Cc1ccc(C(=O)NCC(=O)Nc2ccccc2Oc2ccccc2)cc1. The summed E-state index contributed by atoms with van der Waals surface area (Å²) >= 11 is 0. The number of carbonyl (C=O) groups is 2. The Morgan fingerprint density at radius 3 is 2.26 bits per heavy atom. The first-order valence-corrected chi connectivity index (χ1v) is 8.58. The van der Waals surface area contributed by atoms with E-state index in [0.29, 0.717) is 22.7 Å². The molecule has 0 atom stereocenters. The molecule has 0 aliphatic heterocycles. The van der Waals surface area contributed by atoms with E-state index in [-0.39, 0.29) is 18.4 Å². The molecule has 0 unspecified atom stereocenters. The Bertz CT molecular complexity index is 922. The van der Waals surface area contributed by atoms with Gasteiger partial charge in [-0.05, 0) is 43.3 Å². The van der Waals surface area contributed by atoms with E-state index in [1.165, 1.54) is 0 Å². The predicted octanol–water partition coefficient (Wildman–Crippen LogP) is 4.16. The highest BCUT2D eigenvalue weighted by atomic mass is 16.5. The van der Waals surface area contributed by atoms with Crippen LogP contribution in [0.15, 0.2) is 78.9 Å². The molecule has 0 saturated carbocycles. The average Bonchev–Trinajstić information content (AvgIpc) is 2.69. The van der Waals surface area contributed by atoms with E-state index in [1.54, 1.807) is 30.3 Å². The van der Waals surface area contributed by atoms with Gasteiger partial charge >= 0.3 is 0 Å². The molecule has 0 aliphatic rings. The summed E-state index contributed by atoms with van der Waals surface area (Å²) in [5, 5.41) is 5.38. The van der Waals surface area contributed by atoms with Gasteiger partial charge in [0.05, 0.1) is 12.2 Å². The number of nitrogens with one attached hydrogen (secondary N) is 2. The van der Waals surface area contributed by atoms with Gasteiger partial charge in [0.1, 0.15) is 5.75 Å². The molecule has 2 amide bonds. The van der Waals surface area contributed by atoms with Crippen LogP contribution in [0.25, 0.3) is 0 Å². The highest BCUT2D eigenvalue weighted by molar-refractivity contribution is 5.99. The second kappa shape index (κ2) is 8.67. The van der Waals surface area contributed by atoms with Crippen molar-refractivity contribution < 1.29 is 14.3 Å². The first kappa shape index (κ1) is 18.2. The van der Waals surface area contributed by atoms with E-state index in [0.717, 1.165) is 5.56 Å². The lowest BCUT2D eigenvalue weighted by Crippen LogP contribution is -2.32. The average molecular weight is 360 g/mol. The highest BCUT2D eigenvalue weighted by Crippen LogP contribution is 2.28. The molecule has 3 rings (SSSR count). The molecule has 0 spiro atoms. The van der Waals surface area contributed by atoms with Crippen LogP contribution in [0, 0.1) is 6.92 Å². The van der Waals surface area contributed by atoms with Gasteiger partial charge in [0.15, 0.2) is 5.75 Å². The fourth-order valence-corrected chi connectivity index (χ4v) is 2.44. The van der Waals surface area contributed by atoms with Crippen LogP contribution in [0.4, 0.5) is 5.69 Å². The number of para-hydroxylation sites is 3. The molecule has 5 heteroatoms. The maximum absolute atomic E-state index is 12.2. The Hall–Kier alpha value is -3.60. The third kappa shape index (κ3) is 5.19. The maximum atomic E-state index is 12.2. The molecule has 2 N–H and O–H groups in total. The molecule has 3 aromatic carbocycles. The molecule has 0 saturated heterocycles. The molecule has 3 aromatic rings.